The molecule has 2 heterocycles. The van der Waals surface area contributed by atoms with Crippen molar-refractivity contribution in [3.8, 4) is 33.8 Å². The van der Waals surface area contributed by atoms with E-state index < -0.39 is 0 Å². The Hall–Kier alpha value is -4.49. The van der Waals surface area contributed by atoms with E-state index >= 15 is 0 Å². The maximum Gasteiger partial charge on any atom is 0.212 e. The Morgan fingerprint density at radius 2 is 1.44 bits per heavy atom. The van der Waals surface area contributed by atoms with E-state index in [2.05, 4.69) is 0 Å². The second-order valence-corrected chi connectivity index (χ2v) is 9.40. The summed E-state index contributed by atoms with van der Waals surface area (Å²) >= 11 is 1.21. The lowest BCUT2D eigenvalue weighted by Crippen LogP contribution is -2.02. The molecule has 36 heavy (non-hydrogen) atoms. The maximum absolute atomic E-state index is 13.5. The zero-order chi connectivity index (χ0) is 25.0. The molecular formula is C29H20N2O4S. The van der Waals surface area contributed by atoms with Gasteiger partial charge in [0.25, 0.3) is 0 Å². The number of carbonyl (C=O) groups is 2. The van der Waals surface area contributed by atoms with E-state index in [9.17, 15) is 9.59 Å². The number of rotatable bonds is 5. The van der Waals surface area contributed by atoms with Crippen LogP contribution in [-0.4, -0.2) is 30.8 Å². The minimum absolute atomic E-state index is 0.132. The number of ether oxygens (including phenoxy) is 2. The number of carbonyl (C=O) groups excluding carboxylic acids is 2. The summed E-state index contributed by atoms with van der Waals surface area (Å²) in [5.74, 6) is 1.04. The van der Waals surface area contributed by atoms with Crippen molar-refractivity contribution in [2.45, 2.75) is 0 Å². The molecule has 0 spiro atoms. The Bertz CT molecular complexity index is 1690. The molecule has 3 aromatic carbocycles. The fraction of sp³-hybridized carbons (Fsp3) is 0.0690. The highest BCUT2D eigenvalue weighted by molar-refractivity contribution is 7.21. The van der Waals surface area contributed by atoms with Gasteiger partial charge in [0.05, 0.1) is 19.9 Å². The van der Waals surface area contributed by atoms with Crippen LogP contribution in [0.15, 0.2) is 72.8 Å². The highest BCUT2D eigenvalue weighted by Gasteiger charge is 2.34. The summed E-state index contributed by atoms with van der Waals surface area (Å²) in [6.07, 6.45) is 0. The van der Waals surface area contributed by atoms with Gasteiger partial charge in [0.2, 0.25) is 11.6 Å². The number of benzene rings is 3. The second-order valence-electron chi connectivity index (χ2n) is 8.40. The fourth-order valence-corrected chi connectivity index (χ4v) is 5.76. The monoisotopic (exact) mass is 492 g/mol. The first-order valence-electron chi connectivity index (χ1n) is 11.2. The molecule has 1 aliphatic carbocycles. The predicted molar refractivity (Wildman–Crippen MR) is 141 cm³/mol. The zero-order valence-electron chi connectivity index (χ0n) is 19.5. The van der Waals surface area contributed by atoms with Crippen LogP contribution in [0, 0.1) is 0 Å². The average molecular weight is 493 g/mol. The summed E-state index contributed by atoms with van der Waals surface area (Å²) in [6, 6.07) is 22.0. The quantitative estimate of drug-likeness (QED) is 0.297. The van der Waals surface area contributed by atoms with Crippen LogP contribution in [0.4, 0.5) is 5.69 Å². The molecule has 0 radical (unpaired) electrons. The first kappa shape index (κ1) is 22.0. The number of nitrogens with zero attached hydrogens (tertiary/aromatic N) is 1. The summed E-state index contributed by atoms with van der Waals surface area (Å²) in [4.78, 5) is 32.5. The van der Waals surface area contributed by atoms with Crippen LogP contribution in [0.5, 0.6) is 11.5 Å². The molecule has 2 aromatic heterocycles. The van der Waals surface area contributed by atoms with Crippen LogP contribution in [0.1, 0.15) is 31.3 Å². The number of pyridine rings is 1. The topological polar surface area (TPSA) is 91.5 Å². The van der Waals surface area contributed by atoms with Gasteiger partial charge in [0.15, 0.2) is 0 Å². The molecule has 2 N–H and O–H groups in total. The number of ketones is 2. The molecule has 0 atom stereocenters. The van der Waals surface area contributed by atoms with E-state index in [1.54, 1.807) is 38.5 Å². The number of methoxy groups -OCH3 is 2. The van der Waals surface area contributed by atoms with Gasteiger partial charge in [0, 0.05) is 27.6 Å². The Morgan fingerprint density at radius 1 is 0.833 bits per heavy atom. The minimum Gasteiger partial charge on any atom is -0.497 e. The number of thiophene rings is 1. The van der Waals surface area contributed by atoms with Crippen LogP contribution in [0.25, 0.3) is 32.5 Å². The molecule has 6 nitrogen and oxygen atoms in total. The summed E-state index contributed by atoms with van der Waals surface area (Å²) < 4.78 is 10.5. The fourth-order valence-electron chi connectivity index (χ4n) is 4.69. The van der Waals surface area contributed by atoms with Gasteiger partial charge in [-0.3, -0.25) is 9.59 Å². The molecule has 0 bridgehead atoms. The molecule has 1 aliphatic rings. The van der Waals surface area contributed by atoms with Crippen molar-refractivity contribution in [1.82, 2.24) is 4.98 Å². The lowest BCUT2D eigenvalue weighted by atomic mass is 9.93. The minimum atomic E-state index is -0.203. The molecule has 0 aliphatic heterocycles. The Morgan fingerprint density at radius 3 is 2.08 bits per heavy atom. The van der Waals surface area contributed by atoms with Crippen LogP contribution in [0.2, 0.25) is 0 Å². The molecule has 7 heteroatoms. The van der Waals surface area contributed by atoms with E-state index in [1.807, 2.05) is 48.5 Å². The number of hydrogen-bond donors (Lipinski definition) is 1. The first-order chi connectivity index (χ1) is 17.5. The lowest BCUT2D eigenvalue weighted by molar-refractivity contribution is 0.103. The van der Waals surface area contributed by atoms with Crippen molar-refractivity contribution in [2.24, 2.45) is 0 Å². The summed E-state index contributed by atoms with van der Waals surface area (Å²) in [7, 11) is 3.19. The molecule has 5 aromatic rings. The van der Waals surface area contributed by atoms with E-state index in [0.29, 0.717) is 49.1 Å². The third-order valence-corrected chi connectivity index (χ3v) is 7.57. The Kier molecular flexibility index (Phi) is 5.09. The summed E-state index contributed by atoms with van der Waals surface area (Å²) in [6.45, 7) is 0. The van der Waals surface area contributed by atoms with Crippen molar-refractivity contribution in [3.05, 3.63) is 94.5 Å². The third kappa shape index (κ3) is 3.21. The molecule has 0 unspecified atom stereocenters. The summed E-state index contributed by atoms with van der Waals surface area (Å²) in [5, 5.41) is 0.672. The van der Waals surface area contributed by atoms with E-state index in [1.165, 1.54) is 11.3 Å². The number of fused-ring (bicyclic) bond motifs is 4. The molecule has 0 amide bonds. The largest absolute Gasteiger partial charge is 0.497 e. The lowest BCUT2D eigenvalue weighted by Gasteiger charge is -2.12. The maximum atomic E-state index is 13.5. The summed E-state index contributed by atoms with van der Waals surface area (Å²) in [5.41, 5.74) is 11.7. The van der Waals surface area contributed by atoms with Gasteiger partial charge in [0.1, 0.15) is 26.9 Å². The first-order valence-corrected chi connectivity index (χ1v) is 12.1. The Balaban J connectivity index is 1.64. The molecular weight excluding hydrogens is 472 g/mol. The third-order valence-electron chi connectivity index (χ3n) is 6.47. The van der Waals surface area contributed by atoms with Crippen LogP contribution < -0.4 is 15.2 Å². The number of aromatic nitrogens is 1. The number of hydrogen-bond acceptors (Lipinski definition) is 7. The normalized spacial score (nSPS) is 11.9. The smallest absolute Gasteiger partial charge is 0.212 e. The number of nitrogens with two attached hydrogens (primary N) is 1. The highest BCUT2D eigenvalue weighted by atomic mass is 32.1. The molecule has 0 saturated carbocycles. The van der Waals surface area contributed by atoms with Crippen molar-refractivity contribution >= 4 is 38.8 Å². The van der Waals surface area contributed by atoms with Gasteiger partial charge in [-0.2, -0.15) is 0 Å². The van der Waals surface area contributed by atoms with Gasteiger partial charge in [-0.25, -0.2) is 4.98 Å². The predicted octanol–water partition coefficient (Wildman–Crippen LogP) is 6.01. The SMILES string of the molecule is COc1ccc(C(=O)c2sc3nc4c(c(-c5ccc(OC)cc5)c3c2N)-c2ccccc2C4=O)cc1. The molecule has 0 saturated heterocycles. The van der Waals surface area contributed by atoms with Gasteiger partial charge in [-0.1, -0.05) is 36.4 Å². The molecule has 0 fully saturated rings. The van der Waals surface area contributed by atoms with E-state index in [0.717, 1.165) is 22.3 Å². The van der Waals surface area contributed by atoms with E-state index in [-0.39, 0.29) is 11.6 Å². The highest BCUT2D eigenvalue weighted by Crippen LogP contribution is 2.49. The van der Waals surface area contributed by atoms with Gasteiger partial charge < -0.3 is 15.2 Å². The van der Waals surface area contributed by atoms with Crippen molar-refractivity contribution in [3.63, 3.8) is 0 Å². The van der Waals surface area contributed by atoms with Gasteiger partial charge >= 0.3 is 0 Å². The van der Waals surface area contributed by atoms with Crippen molar-refractivity contribution < 1.29 is 19.1 Å². The Labute approximate surface area is 210 Å². The van der Waals surface area contributed by atoms with Crippen LogP contribution in [0.3, 0.4) is 0 Å². The number of nitrogen functional groups attached to an aromatic ring is 1. The van der Waals surface area contributed by atoms with Gasteiger partial charge in [-0.05, 0) is 47.5 Å². The molecule has 176 valence electrons. The van der Waals surface area contributed by atoms with Gasteiger partial charge in [-0.15, -0.1) is 11.3 Å². The number of anilines is 1. The second kappa shape index (κ2) is 8.32. The molecule has 6 rings (SSSR count). The van der Waals surface area contributed by atoms with E-state index in [4.69, 9.17) is 20.2 Å². The standard InChI is InChI=1S/C29H20N2O4S/c1-34-17-11-7-15(8-12-17)21-22-19-5-3-4-6-20(19)27(33)25(22)31-29-23(21)24(30)28(36-29)26(32)16-9-13-18(35-2)14-10-16/h3-14H,30H2,1-2H3. The van der Waals surface area contributed by atoms with Crippen LogP contribution >= 0.6 is 11.3 Å². The average Bonchev–Trinajstić information content (AvgIpc) is 3.41. The van der Waals surface area contributed by atoms with Crippen molar-refractivity contribution in [2.75, 3.05) is 20.0 Å². The van der Waals surface area contributed by atoms with Crippen molar-refractivity contribution in [1.29, 1.82) is 0 Å². The van der Waals surface area contributed by atoms with Crippen LogP contribution in [-0.2, 0) is 0 Å². The zero-order valence-corrected chi connectivity index (χ0v) is 20.3.